The maximum Gasteiger partial charge on any atom is 0.416 e. The quantitative estimate of drug-likeness (QED) is 0.265. The van der Waals surface area contributed by atoms with E-state index in [2.05, 4.69) is 20.8 Å². The van der Waals surface area contributed by atoms with Crippen LogP contribution in [0.15, 0.2) is 71.3 Å². The van der Waals surface area contributed by atoms with E-state index in [1.807, 2.05) is 6.07 Å². The molecule has 0 spiro atoms. The van der Waals surface area contributed by atoms with Crippen molar-refractivity contribution in [2.45, 2.75) is 6.18 Å². The summed E-state index contributed by atoms with van der Waals surface area (Å²) in [5, 5.41) is 14.1. The van der Waals surface area contributed by atoms with Crippen molar-refractivity contribution in [2.75, 3.05) is 25.6 Å². The summed E-state index contributed by atoms with van der Waals surface area (Å²) >= 11 is 0. The molecule has 0 bridgehead atoms. The molecule has 0 saturated heterocycles. The number of rotatable bonds is 9. The monoisotopic (exact) mass is 499 g/mol. The van der Waals surface area contributed by atoms with Gasteiger partial charge in [-0.1, -0.05) is 30.3 Å². The van der Waals surface area contributed by atoms with Crippen molar-refractivity contribution in [3.63, 3.8) is 0 Å². The number of carbonyl (C=O) groups excluding carboxylic acids is 1. The van der Waals surface area contributed by atoms with Gasteiger partial charge in [-0.2, -0.15) is 17.9 Å². The molecule has 4 rings (SSSR count). The van der Waals surface area contributed by atoms with E-state index in [1.165, 1.54) is 24.1 Å². The van der Waals surface area contributed by atoms with Crippen LogP contribution in [0.2, 0.25) is 0 Å². The molecule has 2 aromatic heterocycles. The second-order valence-electron chi connectivity index (χ2n) is 7.33. The van der Waals surface area contributed by atoms with Gasteiger partial charge in [-0.15, -0.1) is 5.10 Å². The zero-order valence-electron chi connectivity index (χ0n) is 18.9. The number of hydrogen-bond donors (Lipinski definition) is 1. The highest BCUT2D eigenvalue weighted by Crippen LogP contribution is 2.35. The van der Waals surface area contributed by atoms with Crippen LogP contribution in [0, 0.1) is 0 Å². The van der Waals surface area contributed by atoms with Crippen molar-refractivity contribution < 1.29 is 31.9 Å². The highest BCUT2D eigenvalue weighted by atomic mass is 19.4. The SMILES string of the molecule is COCCOc1ccc(C(F)(F)F)cc1NC(=O)/C(=C\c1ccco1)n1nnnc1-c1ccccc1. The van der Waals surface area contributed by atoms with Crippen molar-refractivity contribution in [3.8, 4) is 17.1 Å². The molecule has 0 unspecified atom stereocenters. The van der Waals surface area contributed by atoms with Crippen LogP contribution in [0.5, 0.6) is 5.75 Å². The lowest BCUT2D eigenvalue weighted by atomic mass is 10.1. The minimum absolute atomic E-state index is 0.0331. The lowest BCUT2D eigenvalue weighted by molar-refractivity contribution is -0.137. The van der Waals surface area contributed by atoms with Crippen LogP contribution in [0.1, 0.15) is 11.3 Å². The average molecular weight is 499 g/mol. The van der Waals surface area contributed by atoms with Gasteiger partial charge in [-0.3, -0.25) is 4.79 Å². The molecule has 1 amide bonds. The molecular weight excluding hydrogens is 479 g/mol. The Balaban J connectivity index is 1.74. The minimum atomic E-state index is -4.63. The van der Waals surface area contributed by atoms with Crippen molar-refractivity contribution >= 4 is 23.4 Å². The molecule has 0 aliphatic heterocycles. The van der Waals surface area contributed by atoms with Gasteiger partial charge in [0, 0.05) is 18.7 Å². The Morgan fingerprint density at radius 1 is 1.11 bits per heavy atom. The first kappa shape index (κ1) is 24.7. The number of nitrogens with one attached hydrogen (secondary N) is 1. The molecule has 2 aromatic carbocycles. The largest absolute Gasteiger partial charge is 0.489 e. The van der Waals surface area contributed by atoms with Crippen molar-refractivity contribution in [1.29, 1.82) is 0 Å². The Hall–Kier alpha value is -4.45. The standard InChI is InChI=1S/C24H20F3N5O4/c1-34-12-13-36-21-10-9-17(24(25,26)27)14-19(21)28-23(33)20(15-18-8-5-11-35-18)32-22(29-30-31-32)16-6-3-2-4-7-16/h2-11,14-15H,12-13H2,1H3,(H,28,33)/b20-15+. The van der Waals surface area contributed by atoms with E-state index in [1.54, 1.807) is 36.4 Å². The van der Waals surface area contributed by atoms with E-state index in [0.717, 1.165) is 18.2 Å². The van der Waals surface area contributed by atoms with Gasteiger partial charge in [0.2, 0.25) is 0 Å². The van der Waals surface area contributed by atoms with Crippen molar-refractivity contribution in [2.24, 2.45) is 0 Å². The van der Waals surface area contributed by atoms with E-state index in [4.69, 9.17) is 13.9 Å². The number of methoxy groups -OCH3 is 1. The first-order chi connectivity index (χ1) is 17.4. The summed E-state index contributed by atoms with van der Waals surface area (Å²) in [4.78, 5) is 13.5. The first-order valence-electron chi connectivity index (χ1n) is 10.6. The summed E-state index contributed by atoms with van der Waals surface area (Å²) in [6.45, 7) is 0.258. The number of halogens is 3. The molecule has 186 valence electrons. The number of hydrogen-bond acceptors (Lipinski definition) is 7. The lowest BCUT2D eigenvalue weighted by Crippen LogP contribution is -2.20. The van der Waals surface area contributed by atoms with Gasteiger partial charge in [0.1, 0.15) is 23.8 Å². The zero-order chi connectivity index (χ0) is 25.5. The van der Waals surface area contributed by atoms with Crippen molar-refractivity contribution in [3.05, 3.63) is 78.3 Å². The number of aromatic nitrogens is 4. The van der Waals surface area contributed by atoms with Crippen LogP contribution in [-0.2, 0) is 15.7 Å². The number of benzene rings is 2. The molecule has 0 aliphatic rings. The molecule has 0 radical (unpaired) electrons. The van der Waals surface area contributed by atoms with E-state index in [-0.39, 0.29) is 36.2 Å². The van der Waals surface area contributed by atoms with Gasteiger partial charge in [-0.25, -0.2) is 0 Å². The third kappa shape index (κ3) is 5.78. The summed E-state index contributed by atoms with van der Waals surface area (Å²) in [5.41, 5.74) is -0.635. The number of alkyl halides is 3. The topological polar surface area (TPSA) is 104 Å². The molecule has 1 N–H and O–H groups in total. The maximum absolute atomic E-state index is 13.5. The maximum atomic E-state index is 13.5. The molecule has 0 atom stereocenters. The number of tetrazole rings is 1. The van der Waals surface area contributed by atoms with Crippen LogP contribution < -0.4 is 10.1 Å². The minimum Gasteiger partial charge on any atom is -0.489 e. The number of anilines is 1. The molecule has 12 heteroatoms. The third-order valence-electron chi connectivity index (χ3n) is 4.88. The molecule has 0 fully saturated rings. The van der Waals surface area contributed by atoms with Gasteiger partial charge in [0.25, 0.3) is 5.91 Å². The predicted octanol–water partition coefficient (Wildman–Crippen LogP) is 4.61. The first-order valence-corrected chi connectivity index (χ1v) is 10.6. The molecule has 2 heterocycles. The summed E-state index contributed by atoms with van der Waals surface area (Å²) in [6.07, 6.45) is -1.85. The number of carbonyl (C=O) groups is 1. The Labute approximate surface area is 203 Å². The van der Waals surface area contributed by atoms with Crippen LogP contribution in [0.4, 0.5) is 18.9 Å². The Morgan fingerprint density at radius 2 is 1.92 bits per heavy atom. The van der Waals surface area contributed by atoms with Gasteiger partial charge >= 0.3 is 6.18 Å². The molecule has 0 saturated carbocycles. The van der Waals surface area contributed by atoms with E-state index < -0.39 is 17.6 Å². The van der Waals surface area contributed by atoms with E-state index in [9.17, 15) is 18.0 Å². The molecular formula is C24H20F3N5O4. The van der Waals surface area contributed by atoms with Crippen LogP contribution in [0.25, 0.3) is 23.2 Å². The summed E-state index contributed by atoms with van der Waals surface area (Å²) in [5.74, 6) is -0.225. The van der Waals surface area contributed by atoms with E-state index in [0.29, 0.717) is 11.3 Å². The van der Waals surface area contributed by atoms with Crippen LogP contribution >= 0.6 is 0 Å². The van der Waals surface area contributed by atoms with Crippen LogP contribution in [0.3, 0.4) is 0 Å². The fraction of sp³-hybridized carbons (Fsp3) is 0.167. The number of furan rings is 1. The third-order valence-corrected chi connectivity index (χ3v) is 4.88. The van der Waals surface area contributed by atoms with Crippen molar-refractivity contribution in [1.82, 2.24) is 20.2 Å². The number of nitrogens with zero attached hydrogens (tertiary/aromatic N) is 4. The fourth-order valence-corrected chi connectivity index (χ4v) is 3.20. The molecule has 9 nitrogen and oxygen atoms in total. The number of ether oxygens (including phenoxy) is 2. The van der Waals surface area contributed by atoms with Gasteiger partial charge in [0.05, 0.1) is 24.1 Å². The van der Waals surface area contributed by atoms with Gasteiger partial charge in [0.15, 0.2) is 5.82 Å². The summed E-state index contributed by atoms with van der Waals surface area (Å²) in [7, 11) is 1.46. The molecule has 0 aliphatic carbocycles. The predicted molar refractivity (Wildman–Crippen MR) is 124 cm³/mol. The second-order valence-corrected chi connectivity index (χ2v) is 7.33. The Morgan fingerprint density at radius 3 is 2.61 bits per heavy atom. The van der Waals surface area contributed by atoms with Crippen LogP contribution in [-0.4, -0.2) is 46.4 Å². The lowest BCUT2D eigenvalue weighted by Gasteiger charge is -2.16. The smallest absolute Gasteiger partial charge is 0.416 e. The highest BCUT2D eigenvalue weighted by Gasteiger charge is 2.32. The summed E-state index contributed by atoms with van der Waals surface area (Å²) in [6, 6.07) is 14.9. The zero-order valence-corrected chi connectivity index (χ0v) is 18.9. The number of amides is 1. The Kier molecular flexibility index (Phi) is 7.44. The van der Waals surface area contributed by atoms with Gasteiger partial charge in [-0.05, 0) is 40.8 Å². The summed E-state index contributed by atoms with van der Waals surface area (Å²) < 4.78 is 57.1. The highest BCUT2D eigenvalue weighted by molar-refractivity contribution is 6.24. The average Bonchev–Trinajstić information content (AvgIpc) is 3.55. The molecule has 36 heavy (non-hydrogen) atoms. The normalized spacial score (nSPS) is 11.9. The second kappa shape index (κ2) is 10.9. The Bertz CT molecular complexity index is 1340. The molecule has 4 aromatic rings. The van der Waals surface area contributed by atoms with Gasteiger partial charge < -0.3 is 19.2 Å². The fourth-order valence-electron chi connectivity index (χ4n) is 3.20. The van der Waals surface area contributed by atoms with E-state index >= 15 is 0 Å².